The first-order chi connectivity index (χ1) is 8.20. The van der Waals surface area contributed by atoms with Crippen LogP contribution in [-0.4, -0.2) is 24.1 Å². The van der Waals surface area contributed by atoms with Crippen molar-refractivity contribution < 1.29 is 4.74 Å². The number of methoxy groups -OCH3 is 1. The van der Waals surface area contributed by atoms with E-state index in [1.165, 1.54) is 6.20 Å². The monoisotopic (exact) mass is 230 g/mol. The Morgan fingerprint density at radius 1 is 1.18 bits per heavy atom. The molecule has 0 radical (unpaired) electrons. The van der Waals surface area contributed by atoms with E-state index in [9.17, 15) is 0 Å². The van der Waals surface area contributed by atoms with Gasteiger partial charge in [0, 0.05) is 12.7 Å². The van der Waals surface area contributed by atoms with Crippen LogP contribution >= 0.6 is 0 Å². The molecule has 0 aliphatic carbocycles. The third kappa shape index (κ3) is 2.44. The number of rotatable bonds is 3. The summed E-state index contributed by atoms with van der Waals surface area (Å²) in [4.78, 5) is 10.1. The minimum atomic E-state index is 0.405. The van der Waals surface area contributed by atoms with Gasteiger partial charge in [0.2, 0.25) is 0 Å². The lowest BCUT2D eigenvalue weighted by Crippen LogP contribution is -2.12. The van der Waals surface area contributed by atoms with Crippen molar-refractivity contribution in [3.8, 4) is 5.75 Å². The van der Waals surface area contributed by atoms with E-state index in [1.807, 2.05) is 36.2 Å². The summed E-state index contributed by atoms with van der Waals surface area (Å²) < 4.78 is 5.11. The number of nitrogen functional groups attached to an aromatic ring is 1. The molecule has 1 aromatic heterocycles. The van der Waals surface area contributed by atoms with Crippen LogP contribution in [0, 0.1) is 0 Å². The van der Waals surface area contributed by atoms with Gasteiger partial charge in [-0.1, -0.05) is 0 Å². The molecule has 0 amide bonds. The molecule has 1 heterocycles. The second kappa shape index (κ2) is 4.69. The van der Waals surface area contributed by atoms with E-state index >= 15 is 0 Å². The number of benzene rings is 1. The van der Waals surface area contributed by atoms with E-state index in [2.05, 4.69) is 9.97 Å². The Labute approximate surface area is 99.9 Å². The van der Waals surface area contributed by atoms with Gasteiger partial charge in [-0.15, -0.1) is 0 Å². The minimum absolute atomic E-state index is 0.405. The maximum absolute atomic E-state index is 5.60. The topological polar surface area (TPSA) is 64.3 Å². The smallest absolute Gasteiger partial charge is 0.153 e. The number of nitrogens with zero attached hydrogens (tertiary/aromatic N) is 3. The number of anilines is 3. The number of ether oxygens (including phenoxy) is 1. The summed E-state index contributed by atoms with van der Waals surface area (Å²) in [5.74, 6) is 1.93. The van der Waals surface area contributed by atoms with E-state index in [0.29, 0.717) is 11.6 Å². The van der Waals surface area contributed by atoms with E-state index in [-0.39, 0.29) is 0 Å². The van der Waals surface area contributed by atoms with Crippen LogP contribution in [0.25, 0.3) is 0 Å². The normalized spacial score (nSPS) is 10.0. The van der Waals surface area contributed by atoms with E-state index in [1.54, 1.807) is 13.3 Å². The predicted octanol–water partition coefficient (Wildman–Crippen LogP) is 1.84. The zero-order chi connectivity index (χ0) is 12.3. The lowest BCUT2D eigenvalue weighted by Gasteiger charge is -2.18. The fourth-order valence-corrected chi connectivity index (χ4v) is 1.47. The summed E-state index contributed by atoms with van der Waals surface area (Å²) in [6.07, 6.45) is 3.19. The van der Waals surface area contributed by atoms with Crippen molar-refractivity contribution in [3.05, 3.63) is 36.7 Å². The van der Waals surface area contributed by atoms with Crippen molar-refractivity contribution in [2.75, 3.05) is 24.8 Å². The molecule has 0 spiro atoms. The van der Waals surface area contributed by atoms with Crippen LogP contribution in [0.15, 0.2) is 36.7 Å². The minimum Gasteiger partial charge on any atom is -0.497 e. The Morgan fingerprint density at radius 2 is 1.88 bits per heavy atom. The molecule has 0 saturated carbocycles. The summed E-state index contributed by atoms with van der Waals surface area (Å²) >= 11 is 0. The third-order valence-electron chi connectivity index (χ3n) is 2.44. The Kier molecular flexibility index (Phi) is 3.09. The van der Waals surface area contributed by atoms with Crippen LogP contribution in [0.2, 0.25) is 0 Å². The average Bonchev–Trinajstić information content (AvgIpc) is 2.38. The summed E-state index contributed by atoms with van der Waals surface area (Å²) in [6.45, 7) is 0. The number of hydrogen-bond donors (Lipinski definition) is 1. The second-order valence-corrected chi connectivity index (χ2v) is 3.56. The first kappa shape index (κ1) is 11.2. The van der Waals surface area contributed by atoms with E-state index in [0.717, 1.165) is 11.4 Å². The molecule has 2 rings (SSSR count). The summed E-state index contributed by atoms with van der Waals surface area (Å²) in [6, 6.07) is 7.69. The standard InChI is InChI=1S/C12H14N4O/c1-16(12-8-14-7-11(13)15-12)9-3-5-10(17-2)6-4-9/h3-8H,1-2H3,(H2,13,15). The van der Waals surface area contributed by atoms with Gasteiger partial charge >= 0.3 is 0 Å². The van der Waals surface area contributed by atoms with Crippen molar-refractivity contribution in [1.29, 1.82) is 0 Å². The zero-order valence-electron chi connectivity index (χ0n) is 9.79. The van der Waals surface area contributed by atoms with Crippen LogP contribution in [0.5, 0.6) is 5.75 Å². The fourth-order valence-electron chi connectivity index (χ4n) is 1.47. The molecular formula is C12H14N4O. The quantitative estimate of drug-likeness (QED) is 0.871. The van der Waals surface area contributed by atoms with Crippen molar-refractivity contribution in [2.24, 2.45) is 0 Å². The molecule has 2 N–H and O–H groups in total. The van der Waals surface area contributed by atoms with Crippen LogP contribution < -0.4 is 15.4 Å². The number of nitrogens with two attached hydrogens (primary N) is 1. The third-order valence-corrected chi connectivity index (χ3v) is 2.44. The van der Waals surface area contributed by atoms with Crippen molar-refractivity contribution in [1.82, 2.24) is 9.97 Å². The Bertz CT molecular complexity index is 498. The lowest BCUT2D eigenvalue weighted by atomic mass is 10.3. The molecule has 0 aliphatic rings. The number of aromatic nitrogens is 2. The molecule has 88 valence electrons. The average molecular weight is 230 g/mol. The van der Waals surface area contributed by atoms with Gasteiger partial charge in [-0.3, -0.25) is 4.98 Å². The molecule has 0 saturated heterocycles. The predicted molar refractivity (Wildman–Crippen MR) is 67.5 cm³/mol. The molecule has 17 heavy (non-hydrogen) atoms. The maximum Gasteiger partial charge on any atom is 0.153 e. The molecule has 0 fully saturated rings. The summed E-state index contributed by atoms with van der Waals surface area (Å²) in [5.41, 5.74) is 6.59. The molecule has 0 unspecified atom stereocenters. The van der Waals surface area contributed by atoms with Crippen molar-refractivity contribution in [2.45, 2.75) is 0 Å². The Balaban J connectivity index is 2.27. The van der Waals surface area contributed by atoms with Gasteiger partial charge in [-0.2, -0.15) is 0 Å². The van der Waals surface area contributed by atoms with Gasteiger partial charge in [0.25, 0.3) is 0 Å². The fraction of sp³-hybridized carbons (Fsp3) is 0.167. The first-order valence-corrected chi connectivity index (χ1v) is 5.16. The van der Waals surface area contributed by atoms with Crippen LogP contribution in [0.3, 0.4) is 0 Å². The zero-order valence-corrected chi connectivity index (χ0v) is 9.79. The first-order valence-electron chi connectivity index (χ1n) is 5.16. The molecule has 1 aromatic carbocycles. The molecule has 2 aromatic rings. The van der Waals surface area contributed by atoms with E-state index in [4.69, 9.17) is 10.5 Å². The molecule has 0 aliphatic heterocycles. The Morgan fingerprint density at radius 3 is 2.47 bits per heavy atom. The van der Waals surface area contributed by atoms with Gasteiger partial charge in [-0.05, 0) is 24.3 Å². The molecule has 5 nitrogen and oxygen atoms in total. The lowest BCUT2D eigenvalue weighted by molar-refractivity contribution is 0.415. The number of hydrogen-bond acceptors (Lipinski definition) is 5. The van der Waals surface area contributed by atoms with Crippen molar-refractivity contribution in [3.63, 3.8) is 0 Å². The van der Waals surface area contributed by atoms with Crippen LogP contribution in [-0.2, 0) is 0 Å². The van der Waals surface area contributed by atoms with Gasteiger partial charge < -0.3 is 15.4 Å². The molecule has 0 bridgehead atoms. The molecular weight excluding hydrogens is 216 g/mol. The highest BCUT2D eigenvalue weighted by molar-refractivity contribution is 5.60. The van der Waals surface area contributed by atoms with Crippen LogP contribution in [0.1, 0.15) is 0 Å². The summed E-state index contributed by atoms with van der Waals surface area (Å²) in [7, 11) is 3.55. The largest absolute Gasteiger partial charge is 0.497 e. The second-order valence-electron chi connectivity index (χ2n) is 3.56. The van der Waals surface area contributed by atoms with Gasteiger partial charge in [0.1, 0.15) is 11.6 Å². The molecule has 0 atom stereocenters. The maximum atomic E-state index is 5.60. The Hall–Kier alpha value is -2.30. The summed E-state index contributed by atoms with van der Waals surface area (Å²) in [5, 5.41) is 0. The highest BCUT2D eigenvalue weighted by Crippen LogP contribution is 2.23. The van der Waals surface area contributed by atoms with Crippen molar-refractivity contribution >= 4 is 17.3 Å². The van der Waals surface area contributed by atoms with Gasteiger partial charge in [-0.25, -0.2) is 4.98 Å². The van der Waals surface area contributed by atoms with Gasteiger partial charge in [0.15, 0.2) is 5.82 Å². The SMILES string of the molecule is COc1ccc(N(C)c2cncc(N)n2)cc1. The van der Waals surface area contributed by atoms with Crippen LogP contribution in [0.4, 0.5) is 17.3 Å². The highest BCUT2D eigenvalue weighted by Gasteiger charge is 2.06. The van der Waals surface area contributed by atoms with Gasteiger partial charge in [0.05, 0.1) is 19.5 Å². The van der Waals surface area contributed by atoms with E-state index < -0.39 is 0 Å². The molecule has 5 heteroatoms. The highest BCUT2D eigenvalue weighted by atomic mass is 16.5.